The Morgan fingerprint density at radius 2 is 1.79 bits per heavy atom. The van der Waals surface area contributed by atoms with E-state index in [1.807, 2.05) is 25.1 Å². The fraction of sp³-hybridized carbons (Fsp3) is 0.261. The van der Waals surface area contributed by atoms with Gasteiger partial charge in [0.05, 0.1) is 17.9 Å². The summed E-state index contributed by atoms with van der Waals surface area (Å²) in [4.78, 5) is 21.3. The first kappa shape index (κ1) is 20.3. The van der Waals surface area contributed by atoms with Gasteiger partial charge in [-0.3, -0.25) is 0 Å². The molecule has 150 valence electrons. The molecule has 0 spiro atoms. The molecule has 29 heavy (non-hydrogen) atoms. The maximum atomic E-state index is 12.2. The van der Waals surface area contributed by atoms with Gasteiger partial charge < -0.3 is 15.4 Å². The minimum Gasteiger partial charge on any atom is -0.462 e. The van der Waals surface area contributed by atoms with Crippen LogP contribution in [0.3, 0.4) is 0 Å². The molecule has 0 saturated carbocycles. The molecule has 0 aliphatic heterocycles. The van der Waals surface area contributed by atoms with Gasteiger partial charge >= 0.3 is 5.97 Å². The van der Waals surface area contributed by atoms with Crippen LogP contribution in [0, 0.1) is 13.8 Å². The Morgan fingerprint density at radius 3 is 2.55 bits per heavy atom. The van der Waals surface area contributed by atoms with E-state index in [2.05, 4.69) is 52.6 Å². The van der Waals surface area contributed by atoms with E-state index in [0.29, 0.717) is 29.6 Å². The summed E-state index contributed by atoms with van der Waals surface area (Å²) >= 11 is 0. The van der Waals surface area contributed by atoms with E-state index in [0.717, 1.165) is 23.4 Å². The zero-order chi connectivity index (χ0) is 20.8. The van der Waals surface area contributed by atoms with Crippen LogP contribution in [0.5, 0.6) is 0 Å². The molecule has 3 aromatic rings. The van der Waals surface area contributed by atoms with Crippen molar-refractivity contribution in [3.8, 4) is 0 Å². The van der Waals surface area contributed by atoms with E-state index >= 15 is 0 Å². The van der Waals surface area contributed by atoms with Crippen molar-refractivity contribution < 1.29 is 9.53 Å². The molecule has 0 amide bonds. The van der Waals surface area contributed by atoms with E-state index in [9.17, 15) is 4.79 Å². The lowest BCUT2D eigenvalue weighted by atomic mass is 10.1. The number of anilines is 4. The lowest BCUT2D eigenvalue weighted by molar-refractivity contribution is 0.0527. The second-order valence-electron chi connectivity index (χ2n) is 6.70. The summed E-state index contributed by atoms with van der Waals surface area (Å²) in [5, 5.41) is 6.59. The van der Waals surface area contributed by atoms with E-state index < -0.39 is 0 Å². The Kier molecular flexibility index (Phi) is 6.44. The number of hydrogen-bond donors (Lipinski definition) is 2. The number of carbonyl (C=O) groups excluding carboxylic acids is 1. The van der Waals surface area contributed by atoms with Crippen molar-refractivity contribution in [2.24, 2.45) is 0 Å². The number of carbonyl (C=O) groups is 1. The number of para-hydroxylation sites is 2. The zero-order valence-electron chi connectivity index (χ0n) is 17.2. The lowest BCUT2D eigenvalue weighted by Gasteiger charge is -2.15. The zero-order valence-corrected chi connectivity index (χ0v) is 17.2. The summed E-state index contributed by atoms with van der Waals surface area (Å²) in [6.45, 7) is 8.21. The predicted octanol–water partition coefficient (Wildman–Crippen LogP) is 5.32. The molecule has 0 aliphatic carbocycles. The third-order valence-corrected chi connectivity index (χ3v) is 4.52. The molecule has 1 heterocycles. The molecule has 2 aromatic carbocycles. The number of benzene rings is 2. The minimum atomic E-state index is -0.380. The van der Waals surface area contributed by atoms with Crippen LogP contribution in [0.1, 0.15) is 41.0 Å². The largest absolute Gasteiger partial charge is 0.462 e. The van der Waals surface area contributed by atoms with Crippen molar-refractivity contribution in [1.82, 2.24) is 9.97 Å². The van der Waals surface area contributed by atoms with Crippen molar-refractivity contribution in [3.05, 3.63) is 70.9 Å². The monoisotopic (exact) mass is 390 g/mol. The first-order valence-corrected chi connectivity index (χ1v) is 9.76. The van der Waals surface area contributed by atoms with Crippen LogP contribution < -0.4 is 10.6 Å². The quantitative estimate of drug-likeness (QED) is 0.532. The van der Waals surface area contributed by atoms with Crippen LogP contribution in [-0.4, -0.2) is 22.5 Å². The second-order valence-corrected chi connectivity index (χ2v) is 6.70. The number of rotatable bonds is 7. The molecule has 0 aliphatic rings. The average molecular weight is 390 g/mol. The maximum absolute atomic E-state index is 12.2. The van der Waals surface area contributed by atoms with E-state index in [1.54, 1.807) is 19.1 Å². The molecule has 0 radical (unpaired) electrons. The molecule has 0 atom stereocenters. The molecular formula is C23H26N4O2. The highest BCUT2D eigenvalue weighted by Crippen LogP contribution is 2.26. The van der Waals surface area contributed by atoms with E-state index in [-0.39, 0.29) is 5.97 Å². The van der Waals surface area contributed by atoms with Gasteiger partial charge in [-0.2, -0.15) is 4.98 Å². The predicted molar refractivity (Wildman–Crippen MR) is 116 cm³/mol. The normalized spacial score (nSPS) is 10.5. The van der Waals surface area contributed by atoms with Gasteiger partial charge in [0.15, 0.2) is 0 Å². The molecule has 1 aromatic heterocycles. The van der Waals surface area contributed by atoms with Crippen LogP contribution in [0.25, 0.3) is 0 Å². The third kappa shape index (κ3) is 4.90. The number of aromatic nitrogens is 2. The maximum Gasteiger partial charge on any atom is 0.340 e. The molecule has 2 N–H and O–H groups in total. The Hall–Kier alpha value is -3.41. The SMILES string of the molecule is CCOC(=O)c1ccccc1Nc1nc(C)cc(Nc2c(C)cccc2CC)n1. The highest BCUT2D eigenvalue weighted by molar-refractivity contribution is 5.96. The Morgan fingerprint density at radius 1 is 1.00 bits per heavy atom. The van der Waals surface area contributed by atoms with Gasteiger partial charge in [-0.25, -0.2) is 9.78 Å². The summed E-state index contributed by atoms with van der Waals surface area (Å²) in [6.07, 6.45) is 0.923. The number of hydrogen-bond acceptors (Lipinski definition) is 6. The molecule has 3 rings (SSSR count). The van der Waals surface area contributed by atoms with Gasteiger partial charge in [-0.15, -0.1) is 0 Å². The average Bonchev–Trinajstić information content (AvgIpc) is 2.69. The number of esters is 1. The van der Waals surface area contributed by atoms with Crippen molar-refractivity contribution in [2.75, 3.05) is 17.2 Å². The summed E-state index contributed by atoms with van der Waals surface area (Å²) < 4.78 is 5.14. The Bertz CT molecular complexity index is 1020. The van der Waals surface area contributed by atoms with Crippen LogP contribution in [0.4, 0.5) is 23.1 Å². The van der Waals surface area contributed by atoms with Crippen molar-refractivity contribution in [1.29, 1.82) is 0 Å². The molecule has 0 saturated heterocycles. The fourth-order valence-corrected chi connectivity index (χ4v) is 3.12. The van der Waals surface area contributed by atoms with Gasteiger partial charge in [0.1, 0.15) is 5.82 Å². The number of aryl methyl sites for hydroxylation is 3. The molecule has 0 unspecified atom stereocenters. The Labute approximate surface area is 171 Å². The minimum absolute atomic E-state index is 0.318. The standard InChI is InChI=1S/C23H26N4O2/c1-5-17-11-9-10-15(3)21(17)26-20-14-16(4)24-23(27-20)25-19-13-8-7-12-18(19)22(28)29-6-2/h7-14H,5-6H2,1-4H3,(H2,24,25,26,27). The van der Waals surface area contributed by atoms with Gasteiger partial charge in [-0.05, 0) is 50.5 Å². The summed E-state index contributed by atoms with van der Waals surface area (Å²) in [5.74, 6) is 0.725. The van der Waals surface area contributed by atoms with Crippen LogP contribution >= 0.6 is 0 Å². The Balaban J connectivity index is 1.91. The first-order chi connectivity index (χ1) is 14.0. The lowest BCUT2D eigenvalue weighted by Crippen LogP contribution is -2.09. The molecule has 6 nitrogen and oxygen atoms in total. The van der Waals surface area contributed by atoms with Gasteiger partial charge in [-0.1, -0.05) is 37.3 Å². The van der Waals surface area contributed by atoms with E-state index in [4.69, 9.17) is 4.74 Å². The van der Waals surface area contributed by atoms with Crippen molar-refractivity contribution >= 4 is 29.1 Å². The van der Waals surface area contributed by atoms with Crippen molar-refractivity contribution in [3.63, 3.8) is 0 Å². The second kappa shape index (κ2) is 9.19. The number of nitrogens with zero attached hydrogens (tertiary/aromatic N) is 2. The third-order valence-electron chi connectivity index (χ3n) is 4.52. The van der Waals surface area contributed by atoms with Gasteiger partial charge in [0.25, 0.3) is 0 Å². The number of nitrogens with one attached hydrogen (secondary N) is 2. The van der Waals surface area contributed by atoms with Gasteiger partial charge in [0.2, 0.25) is 5.95 Å². The smallest absolute Gasteiger partial charge is 0.340 e. The molecular weight excluding hydrogens is 364 g/mol. The fourth-order valence-electron chi connectivity index (χ4n) is 3.12. The number of ether oxygens (including phenoxy) is 1. The summed E-state index contributed by atoms with van der Waals surface area (Å²) in [6, 6.07) is 15.3. The molecule has 6 heteroatoms. The van der Waals surface area contributed by atoms with Crippen molar-refractivity contribution in [2.45, 2.75) is 34.1 Å². The topological polar surface area (TPSA) is 76.1 Å². The molecule has 0 bridgehead atoms. The van der Waals surface area contributed by atoms with Crippen LogP contribution in [-0.2, 0) is 11.2 Å². The highest BCUT2D eigenvalue weighted by atomic mass is 16.5. The molecule has 0 fully saturated rings. The summed E-state index contributed by atoms with van der Waals surface area (Å²) in [7, 11) is 0. The van der Waals surface area contributed by atoms with E-state index in [1.165, 1.54) is 5.56 Å². The first-order valence-electron chi connectivity index (χ1n) is 9.76. The van der Waals surface area contributed by atoms with Crippen LogP contribution in [0.2, 0.25) is 0 Å². The van der Waals surface area contributed by atoms with Gasteiger partial charge in [0, 0.05) is 17.4 Å². The summed E-state index contributed by atoms with van der Waals surface area (Å²) in [5.41, 5.74) is 5.30. The van der Waals surface area contributed by atoms with Crippen LogP contribution in [0.15, 0.2) is 48.5 Å². The highest BCUT2D eigenvalue weighted by Gasteiger charge is 2.14.